The van der Waals surface area contributed by atoms with Crippen molar-refractivity contribution in [1.82, 2.24) is 16.0 Å². The third-order valence-electron chi connectivity index (χ3n) is 6.94. The van der Waals surface area contributed by atoms with E-state index in [2.05, 4.69) is 16.0 Å². The summed E-state index contributed by atoms with van der Waals surface area (Å²) in [7, 11) is 0. The van der Waals surface area contributed by atoms with E-state index in [0.717, 1.165) is 5.56 Å². The normalized spacial score (nSPS) is 19.7. The molecule has 2 aromatic carbocycles. The lowest BCUT2D eigenvalue weighted by Crippen LogP contribution is -2.53. The average molecular weight is 548 g/mol. The van der Waals surface area contributed by atoms with Crippen LogP contribution in [0.1, 0.15) is 51.3 Å². The quantitative estimate of drug-likeness (QED) is 0.249. The molecule has 2 aliphatic rings. The minimum atomic E-state index is -1.18. The second kappa shape index (κ2) is 11.7. The zero-order valence-corrected chi connectivity index (χ0v) is 22.9. The number of nitrogens with one attached hydrogen (secondary N) is 3. The fraction of sp³-hybridized carbons (Fsp3) is 0.367. The number of fused-ring (bicyclic) bond motifs is 1. The number of amides is 4. The SMILES string of the molecule is C[C@@H]1C(=O)NC(=O)[C@H]1C(=O)[C@@H](NC(=O)C[C@H](NC(=O)C=Cc1ccc2c(c1)OCO2)c1ccccc1)C(C)(C)C. The maximum absolute atomic E-state index is 13.4. The van der Waals surface area contributed by atoms with E-state index in [-0.39, 0.29) is 13.2 Å². The maximum Gasteiger partial charge on any atom is 0.244 e. The van der Waals surface area contributed by atoms with E-state index in [1.165, 1.54) is 13.0 Å². The van der Waals surface area contributed by atoms with Crippen LogP contribution >= 0.6 is 0 Å². The number of ether oxygens (including phenoxy) is 2. The first-order chi connectivity index (χ1) is 18.9. The molecule has 10 heteroatoms. The van der Waals surface area contributed by atoms with Crippen molar-refractivity contribution in [2.24, 2.45) is 17.3 Å². The van der Waals surface area contributed by atoms with Crippen molar-refractivity contribution in [2.75, 3.05) is 6.79 Å². The molecule has 2 aromatic rings. The minimum absolute atomic E-state index is 0.149. The van der Waals surface area contributed by atoms with Crippen LogP contribution in [0.3, 0.4) is 0 Å². The highest BCUT2D eigenvalue weighted by Crippen LogP contribution is 2.33. The van der Waals surface area contributed by atoms with E-state index >= 15 is 0 Å². The summed E-state index contributed by atoms with van der Waals surface area (Å²) in [6.45, 7) is 6.98. The molecule has 0 aromatic heterocycles. The van der Waals surface area contributed by atoms with Crippen LogP contribution in [-0.4, -0.2) is 42.2 Å². The van der Waals surface area contributed by atoms with Gasteiger partial charge in [-0.3, -0.25) is 29.3 Å². The van der Waals surface area contributed by atoms with Gasteiger partial charge in [-0.25, -0.2) is 0 Å². The number of Topliss-reactive ketones (excluding diaryl/α,β-unsaturated/α-hetero) is 1. The second-order valence-electron chi connectivity index (χ2n) is 11.0. The van der Waals surface area contributed by atoms with Crippen molar-refractivity contribution in [1.29, 1.82) is 0 Å². The zero-order valence-electron chi connectivity index (χ0n) is 22.9. The number of hydrogen-bond acceptors (Lipinski definition) is 7. The Morgan fingerprint density at radius 2 is 1.70 bits per heavy atom. The number of ketones is 1. The number of hydrogen-bond donors (Lipinski definition) is 3. The molecular weight excluding hydrogens is 514 g/mol. The minimum Gasteiger partial charge on any atom is -0.454 e. The van der Waals surface area contributed by atoms with E-state index in [9.17, 15) is 24.0 Å². The Morgan fingerprint density at radius 1 is 1.00 bits per heavy atom. The molecule has 40 heavy (non-hydrogen) atoms. The molecule has 0 unspecified atom stereocenters. The Hall–Kier alpha value is -4.47. The molecule has 4 atom stereocenters. The van der Waals surface area contributed by atoms with Gasteiger partial charge in [-0.05, 0) is 34.8 Å². The number of carbonyl (C=O) groups is 5. The lowest BCUT2D eigenvalue weighted by atomic mass is 9.77. The van der Waals surface area contributed by atoms with Crippen LogP contribution < -0.4 is 25.4 Å². The topological polar surface area (TPSA) is 140 Å². The van der Waals surface area contributed by atoms with Crippen LogP contribution in [-0.2, 0) is 24.0 Å². The van der Waals surface area contributed by atoms with Crippen LogP contribution in [0.4, 0.5) is 0 Å². The van der Waals surface area contributed by atoms with Crippen molar-refractivity contribution in [3.05, 3.63) is 65.7 Å². The zero-order chi connectivity index (χ0) is 29.0. The van der Waals surface area contributed by atoms with Crippen molar-refractivity contribution < 1.29 is 33.4 Å². The summed E-state index contributed by atoms with van der Waals surface area (Å²) in [5.74, 6) is -3.37. The van der Waals surface area contributed by atoms with Gasteiger partial charge in [0.2, 0.25) is 30.4 Å². The smallest absolute Gasteiger partial charge is 0.244 e. The van der Waals surface area contributed by atoms with Crippen LogP contribution in [0.5, 0.6) is 11.5 Å². The largest absolute Gasteiger partial charge is 0.454 e. The summed E-state index contributed by atoms with van der Waals surface area (Å²) in [5.41, 5.74) is 0.705. The van der Waals surface area contributed by atoms with Crippen LogP contribution in [0.15, 0.2) is 54.6 Å². The molecule has 210 valence electrons. The third-order valence-corrected chi connectivity index (χ3v) is 6.94. The summed E-state index contributed by atoms with van der Waals surface area (Å²) in [5, 5.41) is 7.83. The number of imide groups is 1. The molecule has 0 aliphatic carbocycles. The molecule has 2 heterocycles. The molecule has 4 rings (SSSR count). The molecule has 1 saturated heterocycles. The van der Waals surface area contributed by atoms with Gasteiger partial charge < -0.3 is 20.1 Å². The van der Waals surface area contributed by atoms with Gasteiger partial charge in [-0.2, -0.15) is 0 Å². The lowest BCUT2D eigenvalue weighted by Gasteiger charge is -2.32. The summed E-state index contributed by atoms with van der Waals surface area (Å²) >= 11 is 0. The highest BCUT2D eigenvalue weighted by Gasteiger charge is 2.48. The Balaban J connectivity index is 1.47. The summed E-state index contributed by atoms with van der Waals surface area (Å²) in [6, 6.07) is 12.6. The molecule has 0 bridgehead atoms. The first kappa shape index (κ1) is 28.5. The van der Waals surface area contributed by atoms with Gasteiger partial charge in [0.25, 0.3) is 0 Å². The van der Waals surface area contributed by atoms with Crippen molar-refractivity contribution in [3.63, 3.8) is 0 Å². The van der Waals surface area contributed by atoms with Gasteiger partial charge >= 0.3 is 0 Å². The average Bonchev–Trinajstić information content (AvgIpc) is 3.47. The molecule has 10 nitrogen and oxygen atoms in total. The number of rotatable bonds is 9. The Bertz CT molecular complexity index is 1350. The summed E-state index contributed by atoms with van der Waals surface area (Å²) in [4.78, 5) is 63.8. The molecule has 0 radical (unpaired) electrons. The predicted molar refractivity (Wildman–Crippen MR) is 146 cm³/mol. The molecule has 1 fully saturated rings. The fourth-order valence-corrected chi connectivity index (χ4v) is 4.71. The highest BCUT2D eigenvalue weighted by molar-refractivity contribution is 6.16. The predicted octanol–water partition coefficient (Wildman–Crippen LogP) is 2.68. The Labute approximate surface area is 232 Å². The van der Waals surface area contributed by atoms with Gasteiger partial charge in [-0.15, -0.1) is 0 Å². The van der Waals surface area contributed by atoms with Crippen LogP contribution in [0, 0.1) is 17.3 Å². The van der Waals surface area contributed by atoms with Crippen molar-refractivity contribution in [2.45, 2.75) is 46.2 Å². The number of benzene rings is 2. The molecule has 2 aliphatic heterocycles. The molecule has 4 amide bonds. The van der Waals surface area contributed by atoms with Crippen molar-refractivity contribution in [3.8, 4) is 11.5 Å². The third kappa shape index (κ3) is 6.56. The van der Waals surface area contributed by atoms with Crippen molar-refractivity contribution >= 4 is 35.5 Å². The Morgan fingerprint density at radius 3 is 2.35 bits per heavy atom. The van der Waals surface area contributed by atoms with Gasteiger partial charge in [0.1, 0.15) is 5.92 Å². The first-order valence-corrected chi connectivity index (χ1v) is 13.0. The summed E-state index contributed by atoms with van der Waals surface area (Å²) in [6.07, 6.45) is 2.84. The van der Waals surface area contributed by atoms with Crippen LogP contribution in [0.25, 0.3) is 6.08 Å². The molecule has 0 spiro atoms. The van der Waals surface area contributed by atoms with E-state index in [0.29, 0.717) is 17.1 Å². The Kier molecular flexibility index (Phi) is 8.37. The molecular formula is C30H33N3O7. The lowest BCUT2D eigenvalue weighted by molar-refractivity contribution is -0.138. The highest BCUT2D eigenvalue weighted by atomic mass is 16.7. The molecule has 3 N–H and O–H groups in total. The van der Waals surface area contributed by atoms with Gasteiger partial charge in [0.05, 0.1) is 24.4 Å². The molecule has 0 saturated carbocycles. The second-order valence-corrected chi connectivity index (χ2v) is 11.0. The van der Waals surface area contributed by atoms with E-state index in [4.69, 9.17) is 9.47 Å². The summed E-state index contributed by atoms with van der Waals surface area (Å²) < 4.78 is 10.7. The van der Waals surface area contributed by atoms with Crippen LogP contribution in [0.2, 0.25) is 0 Å². The van der Waals surface area contributed by atoms with E-state index in [1.54, 1.807) is 69.3 Å². The van der Waals surface area contributed by atoms with E-state index < -0.39 is 58.7 Å². The maximum atomic E-state index is 13.4. The standard InChI is InChI=1S/C30H33N3O7/c1-17-25(29(38)33-28(17)37)26(36)27(30(2,3)4)32-24(35)15-20(19-8-6-5-7-9-19)31-23(34)13-11-18-10-12-21-22(14-18)40-16-39-21/h5-14,17,20,25,27H,15-16H2,1-4H3,(H,31,34)(H,32,35)(H,33,37,38)/t17-,20-,25+,27+/m0/s1. The van der Waals surface area contributed by atoms with Gasteiger partial charge in [-0.1, -0.05) is 64.1 Å². The van der Waals surface area contributed by atoms with Gasteiger partial charge in [0, 0.05) is 6.08 Å². The van der Waals surface area contributed by atoms with Gasteiger partial charge in [0.15, 0.2) is 17.3 Å². The first-order valence-electron chi connectivity index (χ1n) is 13.0. The van der Waals surface area contributed by atoms with E-state index in [1.807, 2.05) is 6.07 Å². The number of carbonyl (C=O) groups excluding carboxylic acids is 5. The monoisotopic (exact) mass is 547 g/mol. The fourth-order valence-electron chi connectivity index (χ4n) is 4.71.